The van der Waals surface area contributed by atoms with E-state index in [1.807, 2.05) is 24.0 Å². The van der Waals surface area contributed by atoms with Gasteiger partial charge in [-0.2, -0.15) is 0 Å². The highest BCUT2D eigenvalue weighted by molar-refractivity contribution is 5.85. The fraction of sp³-hybridized carbons (Fsp3) is 0.500. The van der Waals surface area contributed by atoms with E-state index < -0.39 is 0 Å². The van der Waals surface area contributed by atoms with Crippen LogP contribution in [0.3, 0.4) is 0 Å². The van der Waals surface area contributed by atoms with Crippen LogP contribution in [0.2, 0.25) is 0 Å². The van der Waals surface area contributed by atoms with Crippen molar-refractivity contribution in [3.05, 3.63) is 29.6 Å². The van der Waals surface area contributed by atoms with E-state index >= 15 is 0 Å². The molecule has 0 bridgehead atoms. The molecule has 6 heteroatoms. The zero-order valence-electron chi connectivity index (χ0n) is 10.3. The smallest absolute Gasteiger partial charge is 0.227 e. The molecule has 0 radical (unpaired) electrons. The number of nitrogens with two attached hydrogens (primary N) is 1. The maximum Gasteiger partial charge on any atom is 0.227 e. The van der Waals surface area contributed by atoms with Crippen LogP contribution in [0.5, 0.6) is 0 Å². The van der Waals surface area contributed by atoms with Gasteiger partial charge >= 0.3 is 0 Å². The van der Waals surface area contributed by atoms with Gasteiger partial charge in [0.05, 0.1) is 6.42 Å². The Morgan fingerprint density at radius 2 is 2.22 bits per heavy atom. The molecule has 2 heterocycles. The van der Waals surface area contributed by atoms with Crippen molar-refractivity contribution in [2.24, 2.45) is 5.73 Å². The molecule has 0 unspecified atom stereocenters. The summed E-state index contributed by atoms with van der Waals surface area (Å²) in [5.41, 5.74) is 7.71. The molecule has 4 nitrogen and oxygen atoms in total. The predicted octanol–water partition coefficient (Wildman–Crippen LogP) is 1.34. The predicted molar refractivity (Wildman–Crippen MR) is 76.3 cm³/mol. The number of likely N-dealkylation sites (tertiary alicyclic amines) is 1. The van der Waals surface area contributed by atoms with Gasteiger partial charge in [-0.15, -0.1) is 24.8 Å². The van der Waals surface area contributed by atoms with Crippen molar-refractivity contribution in [1.29, 1.82) is 0 Å². The van der Waals surface area contributed by atoms with Gasteiger partial charge < -0.3 is 10.6 Å². The number of pyridine rings is 1. The van der Waals surface area contributed by atoms with Gasteiger partial charge in [-0.25, -0.2) is 0 Å². The summed E-state index contributed by atoms with van der Waals surface area (Å²) < 4.78 is 0. The van der Waals surface area contributed by atoms with Crippen LogP contribution in [0, 0.1) is 6.92 Å². The third kappa shape index (κ3) is 4.44. The van der Waals surface area contributed by atoms with Crippen molar-refractivity contribution in [1.82, 2.24) is 9.88 Å². The van der Waals surface area contributed by atoms with Crippen LogP contribution in [0.25, 0.3) is 0 Å². The Hall–Kier alpha value is -0.840. The minimum Gasteiger partial charge on any atom is -0.341 e. The average molecular weight is 292 g/mol. The molecule has 1 saturated heterocycles. The first-order valence-corrected chi connectivity index (χ1v) is 5.60. The second kappa shape index (κ2) is 7.56. The lowest BCUT2D eigenvalue weighted by Crippen LogP contribution is -2.32. The minimum atomic E-state index is 0. The van der Waals surface area contributed by atoms with Crippen molar-refractivity contribution >= 4 is 30.7 Å². The van der Waals surface area contributed by atoms with Crippen LogP contribution in [0.1, 0.15) is 17.7 Å². The topological polar surface area (TPSA) is 59.2 Å². The maximum atomic E-state index is 11.9. The standard InChI is InChI=1S/C12H17N3O.2ClH/c1-9-2-3-10(7-14-9)6-12(16)15-5-4-11(13)8-15;;/h2-3,7,11H,4-6,8,13H2,1H3;2*1H/t11-;;/m1../s1. The van der Waals surface area contributed by atoms with Gasteiger partial charge in [0.15, 0.2) is 0 Å². The Balaban J connectivity index is 0.00000144. The van der Waals surface area contributed by atoms with Gasteiger partial charge in [0.1, 0.15) is 0 Å². The van der Waals surface area contributed by atoms with Crippen LogP contribution < -0.4 is 5.73 Å². The minimum absolute atomic E-state index is 0. The van der Waals surface area contributed by atoms with Crippen molar-refractivity contribution in [2.75, 3.05) is 13.1 Å². The first kappa shape index (κ1) is 17.2. The fourth-order valence-corrected chi connectivity index (χ4v) is 1.90. The largest absolute Gasteiger partial charge is 0.341 e. The number of hydrogen-bond acceptors (Lipinski definition) is 3. The van der Waals surface area contributed by atoms with Gasteiger partial charge in [0.2, 0.25) is 5.91 Å². The summed E-state index contributed by atoms with van der Waals surface area (Å²) in [5, 5.41) is 0. The Morgan fingerprint density at radius 1 is 1.50 bits per heavy atom. The molecule has 1 amide bonds. The van der Waals surface area contributed by atoms with Crippen LogP contribution in [-0.4, -0.2) is 34.9 Å². The highest BCUT2D eigenvalue weighted by atomic mass is 35.5. The summed E-state index contributed by atoms with van der Waals surface area (Å²) in [4.78, 5) is 17.9. The van der Waals surface area contributed by atoms with Crippen molar-refractivity contribution in [3.8, 4) is 0 Å². The molecule has 2 rings (SSSR count). The van der Waals surface area contributed by atoms with Crippen molar-refractivity contribution in [2.45, 2.75) is 25.8 Å². The summed E-state index contributed by atoms with van der Waals surface area (Å²) in [7, 11) is 0. The summed E-state index contributed by atoms with van der Waals surface area (Å²) in [6, 6.07) is 4.04. The zero-order valence-corrected chi connectivity index (χ0v) is 12.0. The van der Waals surface area contributed by atoms with Crippen LogP contribution in [0.15, 0.2) is 18.3 Å². The number of halogens is 2. The number of amides is 1. The third-order valence-corrected chi connectivity index (χ3v) is 2.91. The Morgan fingerprint density at radius 3 is 2.72 bits per heavy atom. The molecular weight excluding hydrogens is 273 g/mol. The van der Waals surface area contributed by atoms with E-state index in [4.69, 9.17) is 5.73 Å². The molecule has 1 aromatic rings. The molecule has 0 spiro atoms. The first-order chi connectivity index (χ1) is 7.65. The molecule has 1 aliphatic heterocycles. The van der Waals surface area contributed by atoms with Crippen LogP contribution >= 0.6 is 24.8 Å². The van der Waals surface area contributed by atoms with Gasteiger partial charge in [-0.05, 0) is 25.0 Å². The Kier molecular flexibility index (Phi) is 7.21. The van der Waals surface area contributed by atoms with E-state index in [0.717, 1.165) is 24.2 Å². The van der Waals surface area contributed by atoms with Crippen molar-refractivity contribution < 1.29 is 4.79 Å². The lowest BCUT2D eigenvalue weighted by atomic mass is 10.2. The third-order valence-electron chi connectivity index (χ3n) is 2.91. The van der Waals surface area contributed by atoms with E-state index in [-0.39, 0.29) is 36.8 Å². The molecule has 1 atom stereocenters. The van der Waals surface area contributed by atoms with E-state index in [2.05, 4.69) is 4.98 Å². The zero-order chi connectivity index (χ0) is 11.5. The number of aromatic nitrogens is 1. The summed E-state index contributed by atoms with van der Waals surface area (Å²) in [5.74, 6) is 0.151. The number of nitrogens with zero attached hydrogens (tertiary/aromatic N) is 2. The summed E-state index contributed by atoms with van der Waals surface area (Å²) in [6.07, 6.45) is 3.11. The molecule has 1 aliphatic rings. The Bertz CT molecular complexity index is 383. The van der Waals surface area contributed by atoms with Crippen LogP contribution in [-0.2, 0) is 11.2 Å². The lowest BCUT2D eigenvalue weighted by Gasteiger charge is -2.15. The van der Waals surface area contributed by atoms with Gasteiger partial charge in [-0.1, -0.05) is 6.07 Å². The molecule has 1 aromatic heterocycles. The molecule has 102 valence electrons. The van der Waals surface area contributed by atoms with Gasteiger partial charge in [0.25, 0.3) is 0 Å². The quantitative estimate of drug-likeness (QED) is 0.894. The number of carbonyl (C=O) groups excluding carboxylic acids is 1. The molecule has 0 saturated carbocycles. The number of hydrogen-bond donors (Lipinski definition) is 1. The normalized spacial score (nSPS) is 17.9. The Labute approximate surface area is 120 Å². The first-order valence-electron chi connectivity index (χ1n) is 5.60. The summed E-state index contributed by atoms with van der Waals surface area (Å²) in [6.45, 7) is 3.42. The van der Waals surface area contributed by atoms with E-state index in [1.54, 1.807) is 6.20 Å². The molecule has 0 aromatic carbocycles. The summed E-state index contributed by atoms with van der Waals surface area (Å²) >= 11 is 0. The average Bonchev–Trinajstić information content (AvgIpc) is 2.68. The second-order valence-corrected chi connectivity index (χ2v) is 4.37. The van der Waals surface area contributed by atoms with E-state index in [9.17, 15) is 4.79 Å². The SMILES string of the molecule is Cc1ccc(CC(=O)N2CC[C@@H](N)C2)cn1.Cl.Cl. The highest BCUT2D eigenvalue weighted by Gasteiger charge is 2.23. The highest BCUT2D eigenvalue weighted by Crippen LogP contribution is 2.10. The molecular formula is C12H19Cl2N3O. The number of carbonyl (C=O) groups is 1. The number of rotatable bonds is 2. The second-order valence-electron chi connectivity index (χ2n) is 4.37. The molecule has 0 aliphatic carbocycles. The van der Waals surface area contributed by atoms with Crippen LogP contribution in [0.4, 0.5) is 0 Å². The molecule has 18 heavy (non-hydrogen) atoms. The van der Waals surface area contributed by atoms with E-state index in [0.29, 0.717) is 13.0 Å². The monoisotopic (exact) mass is 291 g/mol. The molecule has 2 N–H and O–H groups in total. The fourth-order valence-electron chi connectivity index (χ4n) is 1.90. The molecule has 1 fully saturated rings. The lowest BCUT2D eigenvalue weighted by molar-refractivity contribution is -0.129. The van der Waals surface area contributed by atoms with Crippen molar-refractivity contribution in [3.63, 3.8) is 0 Å². The van der Waals surface area contributed by atoms with Gasteiger partial charge in [0, 0.05) is 31.0 Å². The van der Waals surface area contributed by atoms with E-state index in [1.165, 1.54) is 0 Å². The van der Waals surface area contributed by atoms with Gasteiger partial charge in [-0.3, -0.25) is 9.78 Å². The maximum absolute atomic E-state index is 11.9. The number of aryl methyl sites for hydroxylation is 1.